The molecule has 0 saturated carbocycles. The summed E-state index contributed by atoms with van der Waals surface area (Å²) in [7, 11) is 0. The smallest absolute Gasteiger partial charge is 0.117 e. The highest BCUT2D eigenvalue weighted by Crippen LogP contribution is 2.12. The summed E-state index contributed by atoms with van der Waals surface area (Å²) in [5, 5.41) is 13.1. The van der Waals surface area contributed by atoms with E-state index in [1.807, 2.05) is 19.1 Å². The first-order valence-corrected chi connectivity index (χ1v) is 6.11. The summed E-state index contributed by atoms with van der Waals surface area (Å²) >= 11 is 0. The van der Waals surface area contributed by atoms with Crippen molar-refractivity contribution in [2.24, 2.45) is 5.92 Å². The average molecular weight is 225 g/mol. The van der Waals surface area contributed by atoms with Crippen molar-refractivity contribution >= 4 is 0 Å². The first-order chi connectivity index (χ1) is 7.67. The molecule has 1 rings (SSSR count). The van der Waals surface area contributed by atoms with E-state index in [9.17, 15) is 5.11 Å². The van der Waals surface area contributed by atoms with Crippen molar-refractivity contribution < 1.29 is 9.52 Å². The van der Waals surface area contributed by atoms with Crippen LogP contribution >= 0.6 is 0 Å². The molecule has 3 nitrogen and oxygen atoms in total. The van der Waals surface area contributed by atoms with Gasteiger partial charge in [0.25, 0.3) is 0 Å². The van der Waals surface area contributed by atoms with Crippen LogP contribution in [0.25, 0.3) is 0 Å². The van der Waals surface area contributed by atoms with Crippen LogP contribution in [-0.4, -0.2) is 17.8 Å². The lowest BCUT2D eigenvalue weighted by atomic mass is 9.96. The molecular weight excluding hydrogens is 202 g/mol. The van der Waals surface area contributed by atoms with Gasteiger partial charge in [0.2, 0.25) is 0 Å². The second-order valence-corrected chi connectivity index (χ2v) is 4.29. The maximum absolute atomic E-state index is 9.90. The van der Waals surface area contributed by atoms with E-state index in [1.54, 1.807) is 0 Å². The van der Waals surface area contributed by atoms with Crippen LogP contribution in [0.2, 0.25) is 0 Å². The lowest BCUT2D eigenvalue weighted by molar-refractivity contribution is 0.101. The third kappa shape index (κ3) is 3.99. The van der Waals surface area contributed by atoms with Crippen molar-refractivity contribution in [2.45, 2.75) is 46.3 Å². The van der Waals surface area contributed by atoms with Crippen molar-refractivity contribution in [3.63, 3.8) is 0 Å². The van der Waals surface area contributed by atoms with Gasteiger partial charge in [-0.25, -0.2) is 0 Å². The number of aliphatic hydroxyl groups is 1. The normalized spacial score (nSPS) is 13.3. The van der Waals surface area contributed by atoms with E-state index in [1.165, 1.54) is 0 Å². The Bertz CT molecular complexity index is 292. The zero-order valence-corrected chi connectivity index (χ0v) is 10.5. The van der Waals surface area contributed by atoms with Crippen LogP contribution in [0.4, 0.5) is 0 Å². The van der Waals surface area contributed by atoms with Gasteiger partial charge in [-0.3, -0.25) is 0 Å². The van der Waals surface area contributed by atoms with E-state index < -0.39 is 0 Å². The van der Waals surface area contributed by atoms with Crippen LogP contribution in [0.3, 0.4) is 0 Å². The monoisotopic (exact) mass is 225 g/mol. The standard InChI is InChI=1S/C13H23NO2/c1-4-11(5-2)13(15)9-14-8-12-7-6-10(3)16-12/h6-7,11,13-15H,4-5,8-9H2,1-3H3. The highest BCUT2D eigenvalue weighted by molar-refractivity contribution is 5.05. The van der Waals surface area contributed by atoms with Gasteiger partial charge < -0.3 is 14.8 Å². The van der Waals surface area contributed by atoms with Gasteiger partial charge >= 0.3 is 0 Å². The van der Waals surface area contributed by atoms with Crippen LogP contribution in [0.5, 0.6) is 0 Å². The lowest BCUT2D eigenvalue weighted by Gasteiger charge is -2.20. The average Bonchev–Trinajstić information content (AvgIpc) is 2.66. The minimum absolute atomic E-state index is 0.258. The largest absolute Gasteiger partial charge is 0.465 e. The fraction of sp³-hybridized carbons (Fsp3) is 0.692. The SMILES string of the molecule is CCC(CC)C(O)CNCc1ccc(C)o1. The van der Waals surface area contributed by atoms with E-state index in [0.717, 1.165) is 24.4 Å². The first kappa shape index (κ1) is 13.3. The molecule has 0 aromatic carbocycles. The Kier molecular flexibility index (Phi) is 5.56. The van der Waals surface area contributed by atoms with Gasteiger partial charge in [0.1, 0.15) is 11.5 Å². The van der Waals surface area contributed by atoms with Crippen LogP contribution in [0, 0.1) is 12.8 Å². The van der Waals surface area contributed by atoms with Gasteiger partial charge in [-0.15, -0.1) is 0 Å². The predicted molar refractivity (Wildman–Crippen MR) is 65.2 cm³/mol. The molecule has 16 heavy (non-hydrogen) atoms. The number of hydrogen-bond donors (Lipinski definition) is 2. The maximum Gasteiger partial charge on any atom is 0.117 e. The van der Waals surface area contributed by atoms with E-state index >= 15 is 0 Å². The Morgan fingerprint density at radius 2 is 2.00 bits per heavy atom. The molecule has 0 saturated heterocycles. The Morgan fingerprint density at radius 3 is 2.50 bits per heavy atom. The lowest BCUT2D eigenvalue weighted by Crippen LogP contribution is -2.32. The molecule has 2 N–H and O–H groups in total. The summed E-state index contributed by atoms with van der Waals surface area (Å²) in [5.74, 6) is 2.25. The molecule has 1 heterocycles. The molecule has 0 bridgehead atoms. The van der Waals surface area contributed by atoms with Crippen LogP contribution < -0.4 is 5.32 Å². The molecule has 0 radical (unpaired) electrons. The highest BCUT2D eigenvalue weighted by atomic mass is 16.3. The predicted octanol–water partition coefficient (Wildman–Crippen LogP) is 2.47. The minimum Gasteiger partial charge on any atom is -0.465 e. The van der Waals surface area contributed by atoms with Crippen molar-refractivity contribution in [1.82, 2.24) is 5.32 Å². The molecule has 0 fully saturated rings. The second kappa shape index (κ2) is 6.71. The number of rotatable bonds is 7. The molecule has 92 valence electrons. The first-order valence-electron chi connectivity index (χ1n) is 6.11. The summed E-state index contributed by atoms with van der Waals surface area (Å²) in [5.41, 5.74) is 0. The molecule has 0 aliphatic heterocycles. The zero-order valence-electron chi connectivity index (χ0n) is 10.5. The second-order valence-electron chi connectivity index (χ2n) is 4.29. The fourth-order valence-electron chi connectivity index (χ4n) is 1.92. The van der Waals surface area contributed by atoms with E-state index in [0.29, 0.717) is 19.0 Å². The molecule has 1 aromatic heterocycles. The third-order valence-corrected chi connectivity index (χ3v) is 3.04. The Labute approximate surface area is 97.9 Å². The topological polar surface area (TPSA) is 45.4 Å². The minimum atomic E-state index is -0.258. The molecule has 1 aromatic rings. The quantitative estimate of drug-likeness (QED) is 0.749. The molecule has 1 atom stereocenters. The molecule has 3 heteroatoms. The van der Waals surface area contributed by atoms with Crippen LogP contribution in [0.1, 0.15) is 38.2 Å². The number of furan rings is 1. The summed E-state index contributed by atoms with van der Waals surface area (Å²) in [4.78, 5) is 0. The van der Waals surface area contributed by atoms with Gasteiger partial charge in [0.05, 0.1) is 12.6 Å². The summed E-state index contributed by atoms with van der Waals surface area (Å²) < 4.78 is 5.43. The van der Waals surface area contributed by atoms with Gasteiger partial charge in [-0.1, -0.05) is 26.7 Å². The number of nitrogens with one attached hydrogen (secondary N) is 1. The van der Waals surface area contributed by atoms with E-state index in [-0.39, 0.29) is 6.10 Å². The molecule has 0 aliphatic rings. The van der Waals surface area contributed by atoms with Crippen molar-refractivity contribution in [2.75, 3.05) is 6.54 Å². The Hall–Kier alpha value is -0.800. The number of aryl methyl sites for hydroxylation is 1. The molecule has 0 aliphatic carbocycles. The Balaban J connectivity index is 2.24. The molecule has 0 amide bonds. The molecule has 0 spiro atoms. The highest BCUT2D eigenvalue weighted by Gasteiger charge is 2.14. The number of aliphatic hydroxyl groups excluding tert-OH is 1. The number of hydrogen-bond acceptors (Lipinski definition) is 3. The summed E-state index contributed by atoms with van der Waals surface area (Å²) in [6.07, 6.45) is 1.80. The van der Waals surface area contributed by atoms with Crippen molar-refractivity contribution in [3.8, 4) is 0 Å². The molecule has 1 unspecified atom stereocenters. The van der Waals surface area contributed by atoms with Gasteiger partial charge in [0.15, 0.2) is 0 Å². The fourth-order valence-corrected chi connectivity index (χ4v) is 1.92. The van der Waals surface area contributed by atoms with Crippen molar-refractivity contribution in [3.05, 3.63) is 23.7 Å². The Morgan fingerprint density at radius 1 is 1.31 bits per heavy atom. The van der Waals surface area contributed by atoms with Crippen molar-refractivity contribution in [1.29, 1.82) is 0 Å². The summed E-state index contributed by atoms with van der Waals surface area (Å²) in [6.45, 7) is 7.49. The van der Waals surface area contributed by atoms with Gasteiger partial charge in [-0.2, -0.15) is 0 Å². The van der Waals surface area contributed by atoms with Crippen LogP contribution in [0.15, 0.2) is 16.5 Å². The van der Waals surface area contributed by atoms with Crippen LogP contribution in [-0.2, 0) is 6.54 Å². The zero-order chi connectivity index (χ0) is 12.0. The third-order valence-electron chi connectivity index (χ3n) is 3.04. The van der Waals surface area contributed by atoms with Gasteiger partial charge in [0, 0.05) is 6.54 Å². The maximum atomic E-state index is 9.90. The van der Waals surface area contributed by atoms with E-state index in [2.05, 4.69) is 19.2 Å². The van der Waals surface area contributed by atoms with Gasteiger partial charge in [-0.05, 0) is 25.0 Å². The van der Waals surface area contributed by atoms with E-state index in [4.69, 9.17) is 4.42 Å². The summed E-state index contributed by atoms with van der Waals surface area (Å²) in [6, 6.07) is 3.92. The molecular formula is C13H23NO2.